The van der Waals surface area contributed by atoms with E-state index in [2.05, 4.69) is 64.1 Å². The van der Waals surface area contributed by atoms with Crippen LogP contribution in [-0.4, -0.2) is 7.05 Å². The fraction of sp³-hybridized carbons (Fsp3) is 0.714. The fourth-order valence-corrected chi connectivity index (χ4v) is 6.42. The van der Waals surface area contributed by atoms with Crippen LogP contribution in [0.5, 0.6) is 0 Å². The van der Waals surface area contributed by atoms with Gasteiger partial charge in [-0.3, -0.25) is 0 Å². The molecule has 0 spiro atoms. The molecule has 4 heteroatoms. The highest BCUT2D eigenvalue weighted by atomic mass is 79.9. The highest BCUT2D eigenvalue weighted by Gasteiger charge is 2.31. The molecule has 1 heterocycles. The smallest absolute Gasteiger partial charge is 0.0758 e. The average Bonchev–Trinajstić information content (AvgIpc) is 2.58. The molecule has 1 saturated carbocycles. The van der Waals surface area contributed by atoms with Gasteiger partial charge in [0.2, 0.25) is 0 Å². The number of thiophene rings is 1. The van der Waals surface area contributed by atoms with Gasteiger partial charge in [0.05, 0.1) is 7.57 Å². The van der Waals surface area contributed by atoms with Crippen molar-refractivity contribution in [2.75, 3.05) is 7.05 Å². The standard InChI is InChI=1S/C14H21Br2NS/c1-8-4-9(2)6-10(5-8)13(17-3)11-7-12(15)18-14(11)16/h7-10,13,17H,4-6H2,1-3H3. The van der Waals surface area contributed by atoms with Gasteiger partial charge < -0.3 is 5.32 Å². The molecule has 0 aromatic carbocycles. The zero-order chi connectivity index (χ0) is 13.3. The Morgan fingerprint density at radius 2 is 1.83 bits per heavy atom. The first-order chi connectivity index (χ1) is 8.51. The Labute approximate surface area is 131 Å². The molecule has 0 saturated heterocycles. The topological polar surface area (TPSA) is 12.0 Å². The van der Waals surface area contributed by atoms with Crippen molar-refractivity contribution in [2.45, 2.75) is 39.2 Å². The van der Waals surface area contributed by atoms with Crippen molar-refractivity contribution in [3.63, 3.8) is 0 Å². The molecule has 102 valence electrons. The summed E-state index contributed by atoms with van der Waals surface area (Å²) in [4.78, 5) is 0. The van der Waals surface area contributed by atoms with Crippen molar-refractivity contribution in [1.82, 2.24) is 5.32 Å². The Bertz CT molecular complexity index is 394. The van der Waals surface area contributed by atoms with Crippen LogP contribution < -0.4 is 5.32 Å². The summed E-state index contributed by atoms with van der Waals surface area (Å²) < 4.78 is 2.47. The number of hydrogen-bond donors (Lipinski definition) is 1. The van der Waals surface area contributed by atoms with E-state index in [1.165, 1.54) is 32.4 Å². The number of hydrogen-bond acceptors (Lipinski definition) is 2. The summed E-state index contributed by atoms with van der Waals surface area (Å²) in [6, 6.07) is 2.74. The summed E-state index contributed by atoms with van der Waals surface area (Å²) in [7, 11) is 2.09. The van der Waals surface area contributed by atoms with Crippen molar-refractivity contribution < 1.29 is 0 Å². The monoisotopic (exact) mass is 393 g/mol. The second kappa shape index (κ2) is 6.38. The third kappa shape index (κ3) is 3.38. The third-order valence-electron chi connectivity index (χ3n) is 4.02. The summed E-state index contributed by atoms with van der Waals surface area (Å²) in [5, 5.41) is 3.54. The van der Waals surface area contributed by atoms with E-state index < -0.39 is 0 Å². The van der Waals surface area contributed by atoms with Gasteiger partial charge in [-0.05, 0) is 87.6 Å². The van der Waals surface area contributed by atoms with Crippen LogP contribution in [0.4, 0.5) is 0 Å². The SMILES string of the molecule is CNC(c1cc(Br)sc1Br)C1CC(C)CC(C)C1. The van der Waals surface area contributed by atoms with E-state index in [1.54, 1.807) is 11.3 Å². The van der Waals surface area contributed by atoms with E-state index in [0.717, 1.165) is 17.8 Å². The molecule has 0 aliphatic heterocycles. The molecule has 0 amide bonds. The molecule has 1 aromatic rings. The van der Waals surface area contributed by atoms with Gasteiger partial charge in [-0.25, -0.2) is 0 Å². The Morgan fingerprint density at radius 3 is 2.28 bits per heavy atom. The first-order valence-corrected chi connectivity index (χ1v) is 9.03. The molecule has 1 aromatic heterocycles. The molecule has 18 heavy (non-hydrogen) atoms. The molecule has 1 aliphatic carbocycles. The summed E-state index contributed by atoms with van der Waals surface area (Å²) in [5.74, 6) is 2.47. The van der Waals surface area contributed by atoms with Gasteiger partial charge in [-0.2, -0.15) is 0 Å². The molecule has 0 bridgehead atoms. The lowest BCUT2D eigenvalue weighted by Gasteiger charge is -2.36. The van der Waals surface area contributed by atoms with Crippen molar-refractivity contribution in [3.05, 3.63) is 19.2 Å². The van der Waals surface area contributed by atoms with Crippen LogP contribution in [-0.2, 0) is 0 Å². The van der Waals surface area contributed by atoms with Crippen molar-refractivity contribution in [1.29, 1.82) is 0 Å². The normalized spacial score (nSPS) is 30.4. The summed E-state index contributed by atoms with van der Waals surface area (Å²) in [6.07, 6.45) is 4.08. The van der Waals surface area contributed by atoms with Gasteiger partial charge in [0.1, 0.15) is 0 Å². The van der Waals surface area contributed by atoms with E-state index in [0.29, 0.717) is 6.04 Å². The van der Waals surface area contributed by atoms with Gasteiger partial charge in [0.15, 0.2) is 0 Å². The lowest BCUT2D eigenvalue weighted by molar-refractivity contribution is 0.180. The molecule has 1 nitrogen and oxygen atoms in total. The van der Waals surface area contributed by atoms with Crippen molar-refractivity contribution >= 4 is 43.2 Å². The van der Waals surface area contributed by atoms with E-state index in [9.17, 15) is 0 Å². The fourth-order valence-electron chi connectivity index (χ4n) is 3.49. The van der Waals surface area contributed by atoms with Crippen LogP contribution in [0.25, 0.3) is 0 Å². The van der Waals surface area contributed by atoms with Crippen LogP contribution in [0.3, 0.4) is 0 Å². The number of halogens is 2. The van der Waals surface area contributed by atoms with Crippen LogP contribution in [0.15, 0.2) is 13.6 Å². The van der Waals surface area contributed by atoms with Crippen LogP contribution in [0.1, 0.15) is 44.7 Å². The molecular weight excluding hydrogens is 374 g/mol. The van der Waals surface area contributed by atoms with Gasteiger partial charge in [-0.15, -0.1) is 11.3 Å². The highest BCUT2D eigenvalue weighted by Crippen LogP contribution is 2.44. The summed E-state index contributed by atoms with van der Waals surface area (Å²) >= 11 is 9.06. The van der Waals surface area contributed by atoms with Gasteiger partial charge in [0.25, 0.3) is 0 Å². The Morgan fingerprint density at radius 1 is 1.22 bits per heavy atom. The molecule has 3 atom stereocenters. The first-order valence-electron chi connectivity index (χ1n) is 6.63. The maximum Gasteiger partial charge on any atom is 0.0758 e. The quantitative estimate of drug-likeness (QED) is 0.702. The highest BCUT2D eigenvalue weighted by molar-refractivity contribution is 9.12. The molecule has 3 unspecified atom stereocenters. The van der Waals surface area contributed by atoms with Gasteiger partial charge in [0, 0.05) is 6.04 Å². The molecule has 1 aliphatic rings. The lowest BCUT2D eigenvalue weighted by atomic mass is 9.73. The Kier molecular flexibility index (Phi) is 5.32. The largest absolute Gasteiger partial charge is 0.313 e. The number of nitrogens with one attached hydrogen (secondary N) is 1. The predicted molar refractivity (Wildman–Crippen MR) is 87.2 cm³/mol. The van der Waals surface area contributed by atoms with E-state index in [1.807, 2.05) is 0 Å². The van der Waals surface area contributed by atoms with E-state index >= 15 is 0 Å². The van der Waals surface area contributed by atoms with Gasteiger partial charge in [-0.1, -0.05) is 13.8 Å². The second-order valence-electron chi connectivity index (χ2n) is 5.72. The maximum absolute atomic E-state index is 3.70. The Balaban J connectivity index is 2.20. The molecular formula is C14H21Br2NS. The Hall–Kier alpha value is 0.620. The van der Waals surface area contributed by atoms with Crippen LogP contribution >= 0.6 is 43.2 Å². The zero-order valence-corrected chi connectivity index (χ0v) is 15.2. The van der Waals surface area contributed by atoms with Crippen LogP contribution in [0.2, 0.25) is 0 Å². The van der Waals surface area contributed by atoms with Crippen molar-refractivity contribution in [2.24, 2.45) is 17.8 Å². The minimum absolute atomic E-state index is 0.479. The number of rotatable bonds is 3. The third-order valence-corrected chi connectivity index (χ3v) is 6.40. The predicted octanol–water partition coefficient (Wildman–Crippen LogP) is 5.61. The zero-order valence-electron chi connectivity index (χ0n) is 11.2. The molecule has 1 fully saturated rings. The summed E-state index contributed by atoms with van der Waals surface area (Å²) in [6.45, 7) is 4.79. The van der Waals surface area contributed by atoms with Crippen LogP contribution in [0, 0.1) is 17.8 Å². The average molecular weight is 395 g/mol. The minimum Gasteiger partial charge on any atom is -0.313 e. The maximum atomic E-state index is 3.70. The molecule has 0 radical (unpaired) electrons. The van der Waals surface area contributed by atoms with Crippen molar-refractivity contribution in [3.8, 4) is 0 Å². The summed E-state index contributed by atoms with van der Waals surface area (Å²) in [5.41, 5.74) is 1.42. The van der Waals surface area contributed by atoms with E-state index in [-0.39, 0.29) is 0 Å². The lowest BCUT2D eigenvalue weighted by Crippen LogP contribution is -2.31. The second-order valence-corrected chi connectivity index (χ2v) is 9.47. The van der Waals surface area contributed by atoms with E-state index in [4.69, 9.17) is 0 Å². The molecule has 2 rings (SSSR count). The molecule has 1 N–H and O–H groups in total. The minimum atomic E-state index is 0.479. The first kappa shape index (κ1) is 15.0. The van der Waals surface area contributed by atoms with Gasteiger partial charge >= 0.3 is 0 Å².